The molecule has 0 radical (unpaired) electrons. The van der Waals surface area contributed by atoms with Crippen molar-refractivity contribution in [3.05, 3.63) is 47.8 Å². The highest BCUT2D eigenvalue weighted by molar-refractivity contribution is 5.84. The number of pyridine rings is 1. The second-order valence-corrected chi connectivity index (χ2v) is 4.09. The summed E-state index contributed by atoms with van der Waals surface area (Å²) in [5, 5.41) is 9.04. The van der Waals surface area contributed by atoms with Crippen molar-refractivity contribution in [2.24, 2.45) is 0 Å². The number of benzene rings is 1. The minimum atomic E-state index is 0.579. The van der Waals surface area contributed by atoms with Crippen molar-refractivity contribution in [2.45, 2.75) is 6.92 Å². The van der Waals surface area contributed by atoms with Gasteiger partial charge in [0.15, 0.2) is 0 Å². The average molecular weight is 234 g/mol. The lowest BCUT2D eigenvalue weighted by Gasteiger charge is -1.95. The molecule has 0 spiro atoms. The number of nitrogens with zero attached hydrogens (tertiary/aromatic N) is 3. The Labute approximate surface area is 104 Å². The summed E-state index contributed by atoms with van der Waals surface area (Å²) in [4.78, 5) is 11.9. The molecule has 0 saturated carbocycles. The Bertz CT molecular complexity index is 748. The summed E-state index contributed by atoms with van der Waals surface area (Å²) < 4.78 is 0. The highest BCUT2D eigenvalue weighted by atomic mass is 14.9. The van der Waals surface area contributed by atoms with Crippen LogP contribution in [0.1, 0.15) is 11.3 Å². The molecule has 4 heteroatoms. The zero-order valence-corrected chi connectivity index (χ0v) is 9.81. The largest absolute Gasteiger partial charge is 0.338 e. The number of hydrogen-bond acceptors (Lipinski definition) is 3. The van der Waals surface area contributed by atoms with Gasteiger partial charge in [0, 0.05) is 17.5 Å². The van der Waals surface area contributed by atoms with Crippen molar-refractivity contribution in [2.75, 3.05) is 0 Å². The molecule has 0 atom stereocenters. The van der Waals surface area contributed by atoms with Crippen LogP contribution in [0, 0.1) is 18.3 Å². The molecule has 0 bridgehead atoms. The molecule has 3 aromatic rings. The van der Waals surface area contributed by atoms with Crippen LogP contribution >= 0.6 is 0 Å². The van der Waals surface area contributed by atoms with Crippen LogP contribution in [-0.4, -0.2) is 15.0 Å². The molecule has 0 unspecified atom stereocenters. The zero-order chi connectivity index (χ0) is 12.5. The van der Waals surface area contributed by atoms with E-state index in [0.29, 0.717) is 11.1 Å². The number of H-pyrrole nitrogens is 1. The summed E-state index contributed by atoms with van der Waals surface area (Å²) in [7, 11) is 0. The Hall–Kier alpha value is -2.67. The first-order chi connectivity index (χ1) is 8.78. The number of nitriles is 1. The van der Waals surface area contributed by atoms with Gasteiger partial charge in [-0.05, 0) is 31.2 Å². The first-order valence-electron chi connectivity index (χ1n) is 5.60. The second kappa shape index (κ2) is 3.97. The minimum Gasteiger partial charge on any atom is -0.338 e. The summed E-state index contributed by atoms with van der Waals surface area (Å²) in [6, 6.07) is 11.6. The predicted octanol–water partition coefficient (Wildman–Crippen LogP) is 2.81. The van der Waals surface area contributed by atoms with E-state index in [9.17, 15) is 0 Å². The fourth-order valence-electron chi connectivity index (χ4n) is 1.87. The molecule has 0 aliphatic heterocycles. The molecular weight excluding hydrogens is 224 g/mol. The van der Waals surface area contributed by atoms with E-state index in [2.05, 4.69) is 21.0 Å². The highest BCUT2D eigenvalue weighted by Crippen LogP contribution is 2.21. The summed E-state index contributed by atoms with van der Waals surface area (Å²) in [6.07, 6.45) is 1.78. The van der Waals surface area contributed by atoms with E-state index in [4.69, 9.17) is 5.26 Å². The molecule has 18 heavy (non-hydrogen) atoms. The Morgan fingerprint density at radius 1 is 1.22 bits per heavy atom. The van der Waals surface area contributed by atoms with Crippen molar-refractivity contribution in [1.29, 1.82) is 5.26 Å². The number of imidazole rings is 1. The quantitative estimate of drug-likeness (QED) is 0.704. The van der Waals surface area contributed by atoms with Gasteiger partial charge in [-0.2, -0.15) is 5.26 Å². The highest BCUT2D eigenvalue weighted by Gasteiger charge is 2.08. The predicted molar refractivity (Wildman–Crippen MR) is 68.8 cm³/mol. The Kier molecular flexibility index (Phi) is 2.31. The SMILES string of the molecule is Cc1ccc(-c2nc3c(C#N)cccc3[nH]2)cn1. The van der Waals surface area contributed by atoms with Crippen LogP contribution in [0.25, 0.3) is 22.4 Å². The van der Waals surface area contributed by atoms with Gasteiger partial charge in [0.05, 0.1) is 11.1 Å². The number of nitrogens with one attached hydrogen (secondary N) is 1. The van der Waals surface area contributed by atoms with Crippen LogP contribution in [0.2, 0.25) is 0 Å². The van der Waals surface area contributed by atoms with Crippen LogP contribution in [0.3, 0.4) is 0 Å². The number of aromatic nitrogens is 3. The smallest absolute Gasteiger partial charge is 0.140 e. The molecular formula is C14H10N4. The maximum atomic E-state index is 9.04. The third-order valence-electron chi connectivity index (χ3n) is 2.82. The minimum absolute atomic E-state index is 0.579. The fourth-order valence-corrected chi connectivity index (χ4v) is 1.87. The molecule has 1 N–H and O–H groups in total. The molecule has 0 amide bonds. The molecule has 0 aliphatic carbocycles. The normalized spacial score (nSPS) is 10.4. The van der Waals surface area contributed by atoms with Gasteiger partial charge >= 0.3 is 0 Å². The van der Waals surface area contributed by atoms with E-state index >= 15 is 0 Å². The Morgan fingerprint density at radius 3 is 2.83 bits per heavy atom. The lowest BCUT2D eigenvalue weighted by molar-refractivity contribution is 1.19. The maximum absolute atomic E-state index is 9.04. The van der Waals surface area contributed by atoms with Crippen LogP contribution < -0.4 is 0 Å². The van der Waals surface area contributed by atoms with Gasteiger partial charge in [-0.25, -0.2) is 4.98 Å². The Balaban J connectivity index is 2.20. The standard InChI is InChI=1S/C14H10N4/c1-9-5-6-11(8-16-9)14-17-12-4-2-3-10(7-15)13(12)18-14/h2-6,8H,1H3,(H,17,18). The third kappa shape index (κ3) is 1.62. The van der Waals surface area contributed by atoms with Crippen LogP contribution in [0.5, 0.6) is 0 Å². The Morgan fingerprint density at radius 2 is 2.11 bits per heavy atom. The first kappa shape index (κ1) is 10.5. The molecule has 3 rings (SSSR count). The van der Waals surface area contributed by atoms with Crippen molar-refractivity contribution in [3.8, 4) is 17.5 Å². The van der Waals surface area contributed by atoms with Crippen molar-refractivity contribution in [1.82, 2.24) is 15.0 Å². The summed E-state index contributed by atoms with van der Waals surface area (Å²) in [5.74, 6) is 0.736. The summed E-state index contributed by atoms with van der Waals surface area (Å²) >= 11 is 0. The van der Waals surface area contributed by atoms with Crippen molar-refractivity contribution in [3.63, 3.8) is 0 Å². The third-order valence-corrected chi connectivity index (χ3v) is 2.82. The van der Waals surface area contributed by atoms with Crippen LogP contribution in [0.15, 0.2) is 36.5 Å². The molecule has 2 heterocycles. The van der Waals surface area contributed by atoms with Gasteiger partial charge < -0.3 is 4.98 Å². The van der Waals surface area contributed by atoms with Gasteiger partial charge in [0.25, 0.3) is 0 Å². The molecule has 4 nitrogen and oxygen atoms in total. The molecule has 86 valence electrons. The number of para-hydroxylation sites is 1. The molecule has 0 aliphatic rings. The van der Waals surface area contributed by atoms with Crippen LogP contribution in [-0.2, 0) is 0 Å². The lowest BCUT2D eigenvalue weighted by atomic mass is 10.2. The molecule has 0 saturated heterocycles. The average Bonchev–Trinajstić information content (AvgIpc) is 2.83. The van der Waals surface area contributed by atoms with Crippen molar-refractivity contribution >= 4 is 11.0 Å². The van der Waals surface area contributed by atoms with Crippen LogP contribution in [0.4, 0.5) is 0 Å². The van der Waals surface area contributed by atoms with Crippen molar-refractivity contribution < 1.29 is 0 Å². The summed E-state index contributed by atoms with van der Waals surface area (Å²) in [5.41, 5.74) is 4.03. The maximum Gasteiger partial charge on any atom is 0.140 e. The number of aryl methyl sites for hydroxylation is 1. The van der Waals surface area contributed by atoms with E-state index in [-0.39, 0.29) is 0 Å². The van der Waals surface area contributed by atoms with E-state index in [1.54, 1.807) is 12.3 Å². The second-order valence-electron chi connectivity index (χ2n) is 4.09. The van der Waals surface area contributed by atoms with Gasteiger partial charge in [0.1, 0.15) is 17.4 Å². The van der Waals surface area contributed by atoms with E-state index in [1.165, 1.54) is 0 Å². The zero-order valence-electron chi connectivity index (χ0n) is 9.81. The molecule has 2 aromatic heterocycles. The van der Waals surface area contributed by atoms with Gasteiger partial charge in [0.2, 0.25) is 0 Å². The molecule has 1 aromatic carbocycles. The number of aromatic amines is 1. The monoisotopic (exact) mass is 234 g/mol. The number of rotatable bonds is 1. The summed E-state index contributed by atoms with van der Waals surface area (Å²) in [6.45, 7) is 1.94. The van der Waals surface area contributed by atoms with Gasteiger partial charge in [-0.3, -0.25) is 4.98 Å². The molecule has 0 fully saturated rings. The number of hydrogen-bond donors (Lipinski definition) is 1. The lowest BCUT2D eigenvalue weighted by Crippen LogP contribution is -1.84. The van der Waals surface area contributed by atoms with Gasteiger partial charge in [-0.15, -0.1) is 0 Å². The van der Waals surface area contributed by atoms with E-state index < -0.39 is 0 Å². The topological polar surface area (TPSA) is 65.4 Å². The fraction of sp³-hybridized carbons (Fsp3) is 0.0714. The number of fused-ring (bicyclic) bond motifs is 1. The van der Waals surface area contributed by atoms with E-state index in [0.717, 1.165) is 22.6 Å². The van der Waals surface area contributed by atoms with E-state index in [1.807, 2.05) is 31.2 Å². The first-order valence-corrected chi connectivity index (χ1v) is 5.60. The van der Waals surface area contributed by atoms with Gasteiger partial charge in [-0.1, -0.05) is 6.07 Å².